The summed E-state index contributed by atoms with van der Waals surface area (Å²) in [6, 6.07) is 12.2. The van der Waals surface area contributed by atoms with Crippen LogP contribution in [0.1, 0.15) is 29.8 Å². The van der Waals surface area contributed by atoms with Crippen LogP contribution in [0.2, 0.25) is 0 Å². The van der Waals surface area contributed by atoms with Gasteiger partial charge < -0.3 is 5.32 Å². The maximum atomic E-state index is 13.1. The molecular formula is C21H21FN4O2S. The lowest BCUT2D eigenvalue weighted by Crippen LogP contribution is -2.47. The predicted octanol–water partition coefficient (Wildman–Crippen LogP) is 4.05. The van der Waals surface area contributed by atoms with Gasteiger partial charge in [-0.25, -0.2) is 4.39 Å². The van der Waals surface area contributed by atoms with Crippen LogP contribution in [-0.2, 0) is 4.79 Å². The third kappa shape index (κ3) is 5.23. The fourth-order valence-corrected chi connectivity index (χ4v) is 3.46. The van der Waals surface area contributed by atoms with Crippen molar-refractivity contribution in [2.75, 3.05) is 5.32 Å². The van der Waals surface area contributed by atoms with Gasteiger partial charge in [-0.15, -0.1) is 10.2 Å². The van der Waals surface area contributed by atoms with Gasteiger partial charge in [0, 0.05) is 11.1 Å². The molecular weight excluding hydrogens is 391 g/mol. The van der Waals surface area contributed by atoms with E-state index in [4.69, 9.17) is 0 Å². The first-order valence-corrected chi connectivity index (χ1v) is 9.93. The van der Waals surface area contributed by atoms with Gasteiger partial charge in [-0.2, -0.15) is 0 Å². The molecule has 0 aliphatic heterocycles. The molecule has 0 aliphatic rings. The predicted molar refractivity (Wildman–Crippen MR) is 111 cm³/mol. The van der Waals surface area contributed by atoms with E-state index in [1.807, 2.05) is 45.0 Å². The normalized spacial score (nSPS) is 11.9. The molecule has 2 amide bonds. The van der Waals surface area contributed by atoms with Crippen molar-refractivity contribution in [3.05, 3.63) is 65.5 Å². The summed E-state index contributed by atoms with van der Waals surface area (Å²) < 4.78 is 13.1. The number of hydrogen-bond acceptors (Lipinski definition) is 5. The first-order valence-electron chi connectivity index (χ1n) is 9.11. The molecule has 0 radical (unpaired) electrons. The average molecular weight is 412 g/mol. The summed E-state index contributed by atoms with van der Waals surface area (Å²) in [4.78, 5) is 25.1. The van der Waals surface area contributed by atoms with Crippen LogP contribution in [0.15, 0.2) is 48.5 Å². The zero-order valence-corrected chi connectivity index (χ0v) is 17.1. The maximum absolute atomic E-state index is 13.1. The topological polar surface area (TPSA) is 84.0 Å². The lowest BCUT2D eigenvalue weighted by Gasteiger charge is -2.21. The summed E-state index contributed by atoms with van der Waals surface area (Å²) in [6.45, 7) is 5.64. The van der Waals surface area contributed by atoms with Crippen LogP contribution >= 0.6 is 11.3 Å². The molecule has 150 valence electrons. The van der Waals surface area contributed by atoms with Crippen LogP contribution < -0.4 is 10.6 Å². The molecule has 2 aromatic carbocycles. The van der Waals surface area contributed by atoms with E-state index in [0.717, 1.165) is 11.1 Å². The van der Waals surface area contributed by atoms with E-state index in [1.165, 1.54) is 35.6 Å². The lowest BCUT2D eigenvalue weighted by atomic mass is 10.0. The number of hydrogen-bond donors (Lipinski definition) is 2. The second-order valence-electron chi connectivity index (χ2n) is 6.97. The molecule has 3 aromatic rings. The zero-order valence-electron chi connectivity index (χ0n) is 16.3. The molecule has 0 spiro atoms. The van der Waals surface area contributed by atoms with Crippen LogP contribution in [-0.4, -0.2) is 28.1 Å². The highest BCUT2D eigenvalue weighted by molar-refractivity contribution is 7.18. The van der Waals surface area contributed by atoms with Crippen LogP contribution in [0.5, 0.6) is 0 Å². The number of aromatic nitrogens is 2. The molecule has 3 rings (SSSR count). The molecule has 0 saturated heterocycles. The Kier molecular flexibility index (Phi) is 6.33. The molecule has 1 aromatic heterocycles. The van der Waals surface area contributed by atoms with Gasteiger partial charge >= 0.3 is 0 Å². The number of carbonyl (C=O) groups is 2. The Morgan fingerprint density at radius 3 is 2.45 bits per heavy atom. The monoisotopic (exact) mass is 412 g/mol. The molecule has 0 unspecified atom stereocenters. The Balaban J connectivity index is 1.70. The minimum Gasteiger partial charge on any atom is -0.340 e. The van der Waals surface area contributed by atoms with E-state index < -0.39 is 17.8 Å². The first-order chi connectivity index (χ1) is 13.8. The van der Waals surface area contributed by atoms with Crippen molar-refractivity contribution in [2.45, 2.75) is 26.8 Å². The quantitative estimate of drug-likeness (QED) is 0.640. The Morgan fingerprint density at radius 1 is 1.07 bits per heavy atom. The van der Waals surface area contributed by atoms with E-state index in [1.54, 1.807) is 0 Å². The van der Waals surface area contributed by atoms with E-state index in [2.05, 4.69) is 20.8 Å². The lowest BCUT2D eigenvalue weighted by molar-refractivity contribution is -0.118. The van der Waals surface area contributed by atoms with Crippen molar-refractivity contribution >= 4 is 28.3 Å². The third-order valence-electron chi connectivity index (χ3n) is 4.26. The minimum absolute atomic E-state index is 0.163. The summed E-state index contributed by atoms with van der Waals surface area (Å²) in [6.07, 6.45) is 0. The third-order valence-corrected chi connectivity index (χ3v) is 5.15. The van der Waals surface area contributed by atoms with Gasteiger partial charge in [0.1, 0.15) is 16.9 Å². The second-order valence-corrected chi connectivity index (χ2v) is 7.95. The number of halogens is 1. The maximum Gasteiger partial charge on any atom is 0.251 e. The molecule has 6 nitrogen and oxygen atoms in total. The molecule has 0 aliphatic carbocycles. The minimum atomic E-state index is -0.779. The largest absolute Gasteiger partial charge is 0.340 e. The van der Waals surface area contributed by atoms with Gasteiger partial charge in [0.2, 0.25) is 11.0 Å². The molecule has 1 heterocycles. The van der Waals surface area contributed by atoms with Gasteiger partial charge in [0.05, 0.1) is 0 Å². The number of carbonyl (C=O) groups excluding carboxylic acids is 2. The molecule has 2 N–H and O–H groups in total. The Hall–Kier alpha value is -3.13. The van der Waals surface area contributed by atoms with Crippen LogP contribution in [0.3, 0.4) is 0 Å². The van der Waals surface area contributed by atoms with Crippen molar-refractivity contribution in [1.29, 1.82) is 0 Å². The number of anilines is 1. The summed E-state index contributed by atoms with van der Waals surface area (Å²) in [5.74, 6) is -1.43. The number of rotatable bonds is 6. The van der Waals surface area contributed by atoms with Crippen molar-refractivity contribution < 1.29 is 14.0 Å². The first kappa shape index (κ1) is 20.6. The number of benzene rings is 2. The molecule has 8 heteroatoms. The smallest absolute Gasteiger partial charge is 0.251 e. The Bertz CT molecular complexity index is 1020. The molecule has 29 heavy (non-hydrogen) atoms. The highest BCUT2D eigenvalue weighted by Crippen LogP contribution is 2.27. The van der Waals surface area contributed by atoms with Crippen molar-refractivity contribution in [1.82, 2.24) is 15.5 Å². The number of nitrogens with one attached hydrogen (secondary N) is 2. The number of aryl methyl sites for hydroxylation is 1. The second kappa shape index (κ2) is 8.91. The van der Waals surface area contributed by atoms with Crippen molar-refractivity contribution in [3.63, 3.8) is 0 Å². The van der Waals surface area contributed by atoms with E-state index in [9.17, 15) is 14.0 Å². The Morgan fingerprint density at radius 2 is 1.79 bits per heavy atom. The van der Waals surface area contributed by atoms with Gasteiger partial charge in [0.15, 0.2) is 0 Å². The molecule has 1 atom stereocenters. The zero-order chi connectivity index (χ0) is 21.0. The summed E-state index contributed by atoms with van der Waals surface area (Å²) >= 11 is 1.26. The number of amides is 2. The van der Waals surface area contributed by atoms with Crippen LogP contribution in [0.25, 0.3) is 10.6 Å². The fourth-order valence-electron chi connectivity index (χ4n) is 2.71. The SMILES string of the molecule is Cc1cccc(-c2nnc(NC(=O)[C@@H](NC(=O)c3ccc(F)cc3)C(C)C)s2)c1. The highest BCUT2D eigenvalue weighted by atomic mass is 32.1. The number of nitrogens with zero attached hydrogens (tertiary/aromatic N) is 2. The van der Waals surface area contributed by atoms with E-state index in [0.29, 0.717) is 10.1 Å². The van der Waals surface area contributed by atoms with Gasteiger partial charge in [-0.1, -0.05) is 48.9 Å². The van der Waals surface area contributed by atoms with Gasteiger partial charge in [-0.3, -0.25) is 14.9 Å². The fraction of sp³-hybridized carbons (Fsp3) is 0.238. The standard InChI is InChI=1S/C21H21FN4O2S/c1-12(2)17(23-18(27)14-7-9-16(22)10-8-14)19(28)24-21-26-25-20(29-21)15-6-4-5-13(3)11-15/h4-12,17H,1-3H3,(H,23,27)(H,24,26,28)/t17-/m0/s1. The van der Waals surface area contributed by atoms with Gasteiger partial charge in [-0.05, 0) is 43.2 Å². The van der Waals surface area contributed by atoms with Crippen molar-refractivity contribution in [2.24, 2.45) is 5.92 Å². The summed E-state index contributed by atoms with van der Waals surface area (Å²) in [7, 11) is 0. The average Bonchev–Trinajstić information content (AvgIpc) is 3.14. The summed E-state index contributed by atoms with van der Waals surface area (Å²) in [5.41, 5.74) is 2.31. The van der Waals surface area contributed by atoms with Crippen LogP contribution in [0, 0.1) is 18.7 Å². The van der Waals surface area contributed by atoms with E-state index >= 15 is 0 Å². The van der Waals surface area contributed by atoms with Gasteiger partial charge in [0.25, 0.3) is 5.91 Å². The molecule has 0 saturated carbocycles. The molecule has 0 fully saturated rings. The Labute approximate surface area is 172 Å². The van der Waals surface area contributed by atoms with Crippen LogP contribution in [0.4, 0.5) is 9.52 Å². The molecule has 0 bridgehead atoms. The van der Waals surface area contributed by atoms with Crippen molar-refractivity contribution in [3.8, 4) is 10.6 Å². The summed E-state index contributed by atoms with van der Waals surface area (Å²) in [5, 5.41) is 14.6. The highest BCUT2D eigenvalue weighted by Gasteiger charge is 2.26. The van der Waals surface area contributed by atoms with E-state index in [-0.39, 0.29) is 17.4 Å².